The fraction of sp³-hybridized carbons (Fsp3) is 1.00. The fourth-order valence-electron chi connectivity index (χ4n) is 0.467. The Balaban J connectivity index is 2.91. The molecule has 0 aromatic rings. The highest BCUT2D eigenvalue weighted by Gasteiger charge is 2.00. The Kier molecular flexibility index (Phi) is 6.12. The van der Waals surface area contributed by atoms with Crippen molar-refractivity contribution in [3.8, 4) is 0 Å². The second-order valence-electron chi connectivity index (χ2n) is 1.84. The Labute approximate surface area is 70.4 Å². The van der Waals surface area contributed by atoms with Crippen LogP contribution in [0.15, 0.2) is 0 Å². The van der Waals surface area contributed by atoms with E-state index in [-0.39, 0.29) is 10.3 Å². The van der Waals surface area contributed by atoms with Gasteiger partial charge in [-0.3, -0.25) is 0 Å². The molecule has 0 fully saturated rings. The first-order valence-electron chi connectivity index (χ1n) is 2.80. The summed E-state index contributed by atoms with van der Waals surface area (Å²) in [5.74, 6) is 0. The molecule has 0 aromatic carbocycles. The molecule has 0 saturated carbocycles. The molecule has 0 aliphatic heterocycles. The normalized spacial score (nSPS) is 14.3. The smallest absolute Gasteiger partial charge is 0.107 e. The lowest BCUT2D eigenvalue weighted by molar-refractivity contribution is 0.684. The lowest BCUT2D eigenvalue weighted by Gasteiger charge is -2.01. The van der Waals surface area contributed by atoms with Crippen LogP contribution in [0.3, 0.4) is 0 Å². The van der Waals surface area contributed by atoms with Crippen molar-refractivity contribution in [2.24, 2.45) is 5.73 Å². The van der Waals surface area contributed by atoms with E-state index in [9.17, 15) is 0 Å². The average Bonchev–Trinajstić information content (AvgIpc) is 1.63. The van der Waals surface area contributed by atoms with Gasteiger partial charge >= 0.3 is 0 Å². The van der Waals surface area contributed by atoms with Gasteiger partial charge in [-0.2, -0.15) is 0 Å². The van der Waals surface area contributed by atoms with Crippen molar-refractivity contribution in [3.63, 3.8) is 0 Å². The van der Waals surface area contributed by atoms with Gasteiger partial charge in [0.1, 0.15) is 4.84 Å². The lowest BCUT2D eigenvalue weighted by atomic mass is 10.2. The quantitative estimate of drug-likeness (QED) is 0.535. The average molecular weight is 191 g/mol. The van der Waals surface area contributed by atoms with Gasteiger partial charge in [-0.15, -0.1) is 34.8 Å². The zero-order valence-corrected chi connectivity index (χ0v) is 7.26. The van der Waals surface area contributed by atoms with E-state index in [2.05, 4.69) is 0 Å². The summed E-state index contributed by atoms with van der Waals surface area (Å²) in [5, 5.41) is 0. The highest BCUT2D eigenvalue weighted by atomic mass is 35.5. The molecule has 0 aromatic heterocycles. The minimum absolute atomic E-state index is 0.253. The van der Waals surface area contributed by atoms with Crippen molar-refractivity contribution in [2.75, 3.05) is 0 Å². The van der Waals surface area contributed by atoms with Crippen LogP contribution in [0.1, 0.15) is 19.3 Å². The van der Waals surface area contributed by atoms with Gasteiger partial charge in [0.15, 0.2) is 0 Å². The SMILES string of the molecule is NC(Cl)CCCC(Cl)Cl. The zero-order chi connectivity index (χ0) is 7.28. The summed E-state index contributed by atoms with van der Waals surface area (Å²) < 4.78 is 0. The summed E-state index contributed by atoms with van der Waals surface area (Å²) in [7, 11) is 0. The standard InChI is InChI=1S/C5H10Cl3N/c6-4(7)2-1-3-5(8)9/h4-5H,1-3,9H2. The van der Waals surface area contributed by atoms with Gasteiger partial charge < -0.3 is 5.73 Å². The third-order valence-corrected chi connectivity index (χ3v) is 1.56. The monoisotopic (exact) mass is 189 g/mol. The molecule has 9 heavy (non-hydrogen) atoms. The second-order valence-corrected chi connectivity index (χ2v) is 3.68. The highest BCUT2D eigenvalue weighted by Crippen LogP contribution is 2.12. The van der Waals surface area contributed by atoms with E-state index in [1.54, 1.807) is 0 Å². The predicted molar refractivity (Wildman–Crippen MR) is 43.2 cm³/mol. The molecule has 1 atom stereocenters. The van der Waals surface area contributed by atoms with Crippen LogP contribution in [-0.2, 0) is 0 Å². The van der Waals surface area contributed by atoms with Crippen molar-refractivity contribution >= 4 is 34.8 Å². The van der Waals surface area contributed by atoms with Crippen LogP contribution in [0.2, 0.25) is 0 Å². The van der Waals surface area contributed by atoms with E-state index in [1.807, 2.05) is 0 Å². The Morgan fingerprint density at radius 1 is 1.11 bits per heavy atom. The molecular formula is C5H10Cl3N. The molecule has 0 amide bonds. The fourth-order valence-corrected chi connectivity index (χ4v) is 0.930. The second kappa shape index (κ2) is 5.60. The van der Waals surface area contributed by atoms with E-state index in [1.165, 1.54) is 0 Å². The van der Waals surface area contributed by atoms with E-state index in [4.69, 9.17) is 40.5 Å². The largest absolute Gasteiger partial charge is 0.315 e. The van der Waals surface area contributed by atoms with Gasteiger partial charge in [0, 0.05) is 0 Å². The third-order valence-electron chi connectivity index (χ3n) is 0.902. The van der Waals surface area contributed by atoms with Gasteiger partial charge in [0.05, 0.1) is 5.50 Å². The van der Waals surface area contributed by atoms with Crippen LogP contribution in [0.4, 0.5) is 0 Å². The molecule has 0 saturated heterocycles. The Hall–Kier alpha value is 0.830. The third kappa shape index (κ3) is 8.83. The van der Waals surface area contributed by atoms with Crippen molar-refractivity contribution in [1.29, 1.82) is 0 Å². The maximum absolute atomic E-state index is 5.45. The van der Waals surface area contributed by atoms with Gasteiger partial charge in [-0.05, 0) is 19.3 Å². The Bertz CT molecular complexity index is 57.2. The van der Waals surface area contributed by atoms with Gasteiger partial charge in [0.2, 0.25) is 0 Å². The van der Waals surface area contributed by atoms with Gasteiger partial charge in [-0.1, -0.05) is 0 Å². The summed E-state index contributed by atoms with van der Waals surface area (Å²) in [4.78, 5) is -0.277. The minimum atomic E-state index is -0.277. The van der Waals surface area contributed by atoms with Gasteiger partial charge in [0.25, 0.3) is 0 Å². The first-order valence-corrected chi connectivity index (χ1v) is 4.11. The van der Waals surface area contributed by atoms with Crippen molar-refractivity contribution in [3.05, 3.63) is 0 Å². The topological polar surface area (TPSA) is 26.0 Å². The van der Waals surface area contributed by atoms with Gasteiger partial charge in [-0.25, -0.2) is 0 Å². The van der Waals surface area contributed by atoms with Crippen molar-refractivity contribution < 1.29 is 0 Å². The molecule has 1 nitrogen and oxygen atoms in total. The lowest BCUT2D eigenvalue weighted by Crippen LogP contribution is -2.11. The predicted octanol–water partition coefficient (Wildman–Crippen LogP) is 2.48. The number of nitrogens with two attached hydrogens (primary N) is 1. The van der Waals surface area contributed by atoms with Crippen LogP contribution in [-0.4, -0.2) is 10.3 Å². The molecule has 0 heterocycles. The van der Waals surface area contributed by atoms with Crippen LogP contribution in [0.5, 0.6) is 0 Å². The first kappa shape index (κ1) is 9.83. The molecule has 1 unspecified atom stereocenters. The highest BCUT2D eigenvalue weighted by molar-refractivity contribution is 6.44. The first-order chi connectivity index (χ1) is 4.13. The summed E-state index contributed by atoms with van der Waals surface area (Å²) in [6.07, 6.45) is 2.43. The molecule has 0 spiro atoms. The molecule has 4 heteroatoms. The summed E-state index contributed by atoms with van der Waals surface area (Å²) >= 11 is 16.3. The Morgan fingerprint density at radius 3 is 2.00 bits per heavy atom. The molecule has 0 bridgehead atoms. The summed E-state index contributed by atoms with van der Waals surface area (Å²) in [6.45, 7) is 0. The summed E-state index contributed by atoms with van der Waals surface area (Å²) in [6, 6.07) is 0. The minimum Gasteiger partial charge on any atom is -0.315 e. The van der Waals surface area contributed by atoms with Crippen molar-refractivity contribution in [1.82, 2.24) is 0 Å². The van der Waals surface area contributed by atoms with E-state index >= 15 is 0 Å². The zero-order valence-electron chi connectivity index (χ0n) is 4.99. The molecule has 0 rings (SSSR count). The van der Waals surface area contributed by atoms with Crippen molar-refractivity contribution in [2.45, 2.75) is 29.6 Å². The number of halogens is 3. The van der Waals surface area contributed by atoms with E-state index in [0.29, 0.717) is 0 Å². The van der Waals surface area contributed by atoms with Crippen LogP contribution >= 0.6 is 34.8 Å². The van der Waals surface area contributed by atoms with Crippen LogP contribution < -0.4 is 5.73 Å². The van der Waals surface area contributed by atoms with E-state index < -0.39 is 0 Å². The number of hydrogen-bond acceptors (Lipinski definition) is 1. The van der Waals surface area contributed by atoms with Crippen LogP contribution in [0.25, 0.3) is 0 Å². The number of hydrogen-bond donors (Lipinski definition) is 1. The number of alkyl halides is 3. The maximum atomic E-state index is 5.45. The maximum Gasteiger partial charge on any atom is 0.107 e. The van der Waals surface area contributed by atoms with E-state index in [0.717, 1.165) is 19.3 Å². The Morgan fingerprint density at radius 2 is 1.67 bits per heavy atom. The molecule has 2 N–H and O–H groups in total. The summed E-state index contributed by atoms with van der Waals surface area (Å²) in [5.41, 5.74) is 5.01. The van der Waals surface area contributed by atoms with Crippen LogP contribution in [0, 0.1) is 0 Å². The number of rotatable bonds is 4. The molecule has 56 valence electrons. The molecule has 0 radical (unpaired) electrons. The molecular weight excluding hydrogens is 180 g/mol. The molecule has 0 aliphatic carbocycles. The molecule has 0 aliphatic rings.